The van der Waals surface area contributed by atoms with E-state index < -0.39 is 15.9 Å². The fourth-order valence-electron chi connectivity index (χ4n) is 3.46. The molecule has 2 aromatic carbocycles. The standard InChI is InChI=1S/C22H25ClN4O3S/c1-14-9-15(2)11-19(10-14)27(31(29,30)22-16(3)25-26-17(22)4)13-21(28)24-12-18-7-5-6-8-20(18)23/h5-11H,12-13H2,1-4H3,(H,24,28)(H,25,26). The van der Waals surface area contributed by atoms with Gasteiger partial charge >= 0.3 is 0 Å². The highest BCUT2D eigenvalue weighted by Gasteiger charge is 2.31. The molecule has 1 heterocycles. The largest absolute Gasteiger partial charge is 0.350 e. The zero-order valence-electron chi connectivity index (χ0n) is 17.9. The van der Waals surface area contributed by atoms with Crippen LogP contribution in [0.25, 0.3) is 0 Å². The predicted molar refractivity (Wildman–Crippen MR) is 122 cm³/mol. The molecule has 9 heteroatoms. The molecule has 0 aliphatic rings. The van der Waals surface area contributed by atoms with Gasteiger partial charge in [0.05, 0.1) is 17.1 Å². The van der Waals surface area contributed by atoms with E-state index in [9.17, 15) is 13.2 Å². The molecule has 0 radical (unpaired) electrons. The highest BCUT2D eigenvalue weighted by atomic mass is 35.5. The van der Waals surface area contributed by atoms with Gasteiger partial charge in [-0.1, -0.05) is 35.9 Å². The van der Waals surface area contributed by atoms with E-state index in [0.717, 1.165) is 21.0 Å². The third-order valence-electron chi connectivity index (χ3n) is 4.82. The second-order valence-electron chi connectivity index (χ2n) is 7.49. The SMILES string of the molecule is Cc1cc(C)cc(N(CC(=O)NCc2ccccc2Cl)S(=O)(=O)c2c(C)n[nH]c2C)c1. The van der Waals surface area contributed by atoms with Crippen LogP contribution in [0.2, 0.25) is 5.02 Å². The molecule has 164 valence electrons. The third-order valence-corrected chi connectivity index (χ3v) is 7.23. The Hall–Kier alpha value is -2.84. The van der Waals surface area contributed by atoms with Crippen molar-refractivity contribution in [3.05, 3.63) is 75.6 Å². The van der Waals surface area contributed by atoms with Gasteiger partial charge in [0.15, 0.2) is 0 Å². The first kappa shape index (κ1) is 22.8. The molecule has 0 fully saturated rings. The third kappa shape index (κ3) is 5.08. The Balaban J connectivity index is 1.95. The molecule has 0 saturated carbocycles. The first-order valence-corrected chi connectivity index (χ1v) is 11.5. The zero-order valence-corrected chi connectivity index (χ0v) is 19.4. The minimum Gasteiger partial charge on any atom is -0.350 e. The van der Waals surface area contributed by atoms with Crippen LogP contribution >= 0.6 is 11.6 Å². The summed E-state index contributed by atoms with van der Waals surface area (Å²) in [5.41, 5.74) is 3.73. The number of benzene rings is 2. The number of anilines is 1. The van der Waals surface area contributed by atoms with E-state index in [2.05, 4.69) is 15.5 Å². The van der Waals surface area contributed by atoms with E-state index in [0.29, 0.717) is 22.1 Å². The summed E-state index contributed by atoms with van der Waals surface area (Å²) >= 11 is 6.15. The van der Waals surface area contributed by atoms with Gasteiger partial charge in [0.2, 0.25) is 5.91 Å². The number of carbonyl (C=O) groups excluding carboxylic acids is 1. The molecule has 31 heavy (non-hydrogen) atoms. The molecule has 0 bridgehead atoms. The fraction of sp³-hybridized carbons (Fsp3) is 0.273. The quantitative estimate of drug-likeness (QED) is 0.560. The summed E-state index contributed by atoms with van der Waals surface area (Å²) in [5.74, 6) is -0.443. The van der Waals surface area contributed by atoms with E-state index in [1.165, 1.54) is 0 Å². The van der Waals surface area contributed by atoms with Crippen molar-refractivity contribution in [2.45, 2.75) is 39.1 Å². The number of hydrogen-bond acceptors (Lipinski definition) is 4. The van der Waals surface area contributed by atoms with Crippen molar-refractivity contribution in [2.75, 3.05) is 10.8 Å². The van der Waals surface area contributed by atoms with Gasteiger partial charge in [-0.15, -0.1) is 0 Å². The van der Waals surface area contributed by atoms with Gasteiger partial charge < -0.3 is 5.32 Å². The van der Waals surface area contributed by atoms with Crippen LogP contribution in [0.5, 0.6) is 0 Å². The lowest BCUT2D eigenvalue weighted by atomic mass is 10.1. The molecule has 3 aromatic rings. The van der Waals surface area contributed by atoms with Gasteiger partial charge in [-0.3, -0.25) is 14.2 Å². The maximum absolute atomic E-state index is 13.6. The summed E-state index contributed by atoms with van der Waals surface area (Å²) in [6.07, 6.45) is 0. The number of amides is 1. The summed E-state index contributed by atoms with van der Waals surface area (Å²) in [6, 6.07) is 12.6. The normalized spacial score (nSPS) is 11.4. The lowest BCUT2D eigenvalue weighted by Crippen LogP contribution is -2.41. The summed E-state index contributed by atoms with van der Waals surface area (Å²) < 4.78 is 28.3. The zero-order chi connectivity index (χ0) is 22.8. The molecule has 1 amide bonds. The molecule has 7 nitrogen and oxygen atoms in total. The molecule has 3 rings (SSSR count). The van der Waals surface area contributed by atoms with Crippen molar-refractivity contribution in [3.63, 3.8) is 0 Å². The number of H-pyrrole nitrogens is 1. The molecule has 0 saturated heterocycles. The van der Waals surface area contributed by atoms with Gasteiger partial charge in [-0.05, 0) is 62.6 Å². The first-order valence-electron chi connectivity index (χ1n) is 9.72. The van der Waals surface area contributed by atoms with Crippen molar-refractivity contribution >= 4 is 33.2 Å². The van der Waals surface area contributed by atoms with Crippen LogP contribution in [0.4, 0.5) is 5.69 Å². The van der Waals surface area contributed by atoms with Gasteiger partial charge in [0.25, 0.3) is 10.0 Å². The van der Waals surface area contributed by atoms with E-state index in [1.54, 1.807) is 44.2 Å². The number of carbonyl (C=O) groups is 1. The number of aromatic amines is 1. The summed E-state index contributed by atoms with van der Waals surface area (Å²) in [5, 5.41) is 10.0. The van der Waals surface area contributed by atoms with E-state index >= 15 is 0 Å². The van der Waals surface area contributed by atoms with Crippen LogP contribution < -0.4 is 9.62 Å². The van der Waals surface area contributed by atoms with Crippen molar-refractivity contribution in [1.82, 2.24) is 15.5 Å². The minimum absolute atomic E-state index is 0.0746. The number of sulfonamides is 1. The number of aryl methyl sites for hydroxylation is 4. The van der Waals surface area contributed by atoms with Crippen LogP contribution in [0.15, 0.2) is 47.4 Å². The number of nitrogens with one attached hydrogen (secondary N) is 2. The highest BCUT2D eigenvalue weighted by molar-refractivity contribution is 7.93. The molecule has 2 N–H and O–H groups in total. The summed E-state index contributed by atoms with van der Waals surface area (Å²) in [6.45, 7) is 6.85. The molecule has 0 aliphatic heterocycles. The molecule has 0 unspecified atom stereocenters. The molecule has 0 atom stereocenters. The smallest absolute Gasteiger partial charge is 0.268 e. The van der Waals surface area contributed by atoms with Gasteiger partial charge in [-0.25, -0.2) is 8.42 Å². The van der Waals surface area contributed by atoms with Crippen LogP contribution in [-0.2, 0) is 21.4 Å². The van der Waals surface area contributed by atoms with Gasteiger partial charge in [0.1, 0.15) is 11.4 Å². The monoisotopic (exact) mass is 460 g/mol. The number of aromatic nitrogens is 2. The van der Waals surface area contributed by atoms with Crippen LogP contribution in [0.3, 0.4) is 0 Å². The average molecular weight is 461 g/mol. The lowest BCUT2D eigenvalue weighted by molar-refractivity contribution is -0.119. The minimum atomic E-state index is -4.04. The molecule has 1 aromatic heterocycles. The fourth-order valence-corrected chi connectivity index (χ4v) is 5.41. The number of rotatable bonds is 7. The van der Waals surface area contributed by atoms with Crippen LogP contribution in [0, 0.1) is 27.7 Å². The number of halogens is 1. The topological polar surface area (TPSA) is 95.2 Å². The molecule has 0 aliphatic carbocycles. The van der Waals surface area contributed by atoms with Crippen molar-refractivity contribution in [3.8, 4) is 0 Å². The second-order valence-corrected chi connectivity index (χ2v) is 9.70. The maximum Gasteiger partial charge on any atom is 0.268 e. The van der Waals surface area contributed by atoms with Crippen LogP contribution in [0.1, 0.15) is 28.1 Å². The van der Waals surface area contributed by atoms with E-state index in [-0.39, 0.29) is 18.0 Å². The Bertz CT molecular complexity index is 1180. The predicted octanol–water partition coefficient (Wildman–Crippen LogP) is 3.81. The lowest BCUT2D eigenvalue weighted by Gasteiger charge is -2.25. The molecule has 0 spiro atoms. The van der Waals surface area contributed by atoms with Crippen molar-refractivity contribution in [1.29, 1.82) is 0 Å². The molecular weight excluding hydrogens is 436 g/mol. The summed E-state index contributed by atoms with van der Waals surface area (Å²) in [7, 11) is -4.04. The number of hydrogen-bond donors (Lipinski definition) is 2. The van der Waals surface area contributed by atoms with E-state index in [4.69, 9.17) is 11.6 Å². The summed E-state index contributed by atoms with van der Waals surface area (Å²) in [4.78, 5) is 12.9. The van der Waals surface area contributed by atoms with Crippen LogP contribution in [-0.4, -0.2) is 31.1 Å². The average Bonchev–Trinajstić information content (AvgIpc) is 3.03. The second kappa shape index (κ2) is 9.11. The van der Waals surface area contributed by atoms with Crippen molar-refractivity contribution < 1.29 is 13.2 Å². The van der Waals surface area contributed by atoms with Gasteiger partial charge in [-0.2, -0.15) is 5.10 Å². The Morgan fingerprint density at radius 1 is 1.10 bits per heavy atom. The van der Waals surface area contributed by atoms with Crippen molar-refractivity contribution in [2.24, 2.45) is 0 Å². The Morgan fingerprint density at radius 2 is 1.74 bits per heavy atom. The van der Waals surface area contributed by atoms with E-state index in [1.807, 2.05) is 26.0 Å². The Labute approximate surface area is 187 Å². The van der Waals surface area contributed by atoms with Gasteiger partial charge in [0, 0.05) is 11.6 Å². The Morgan fingerprint density at radius 3 is 2.32 bits per heavy atom. The maximum atomic E-state index is 13.6. The highest BCUT2D eigenvalue weighted by Crippen LogP contribution is 2.28. The first-order chi connectivity index (χ1) is 14.6. The number of nitrogens with zero attached hydrogens (tertiary/aromatic N) is 2. The Kier molecular flexibility index (Phi) is 6.71. The molecular formula is C22H25ClN4O3S.